The number of hydrogen-bond donors (Lipinski definition) is 8. The zero-order chi connectivity index (χ0) is 68.5. The van der Waals surface area contributed by atoms with E-state index in [9.17, 15) is 84.8 Å². The Balaban J connectivity index is 1.35. The molecular formula is C52H52ClN13O20S7. The molecule has 5 aromatic carbocycles. The van der Waals surface area contributed by atoms with Crippen LogP contribution in [0.15, 0.2) is 127 Å². The Kier molecular flexibility index (Phi) is 23.2. The average molecular weight is 1440 g/mol. The summed E-state index contributed by atoms with van der Waals surface area (Å²) in [6.45, 7) is 4.93. The summed E-state index contributed by atoms with van der Waals surface area (Å²) in [5.74, 6) is -4.10. The second-order valence-corrected chi connectivity index (χ2v) is 29.7. The molecule has 8 N–H and O–H groups in total. The number of rotatable bonds is 28. The van der Waals surface area contributed by atoms with Gasteiger partial charge in [0, 0.05) is 47.4 Å². The van der Waals surface area contributed by atoms with Gasteiger partial charge in [-0.15, -0.1) is 54.2 Å². The first-order valence-electron chi connectivity index (χ1n) is 26.3. The van der Waals surface area contributed by atoms with Crippen LogP contribution in [0.1, 0.15) is 49.8 Å². The SMILES string of the molecule is COc1cc(S(=O)(=O)O)c2nc3c(C#N)c(C)c(N=Nc4cc(C)c(N=Nc5cc(NC(C)=O)c(N=Nc6cc(NC(C)=O)c(N=Nc7ccc(Cl)c(S(=O)(=O)O)c7)cc6SCCCS(=O)(=O)O)cc5SCCCS(=O)(=O)O)cc4OCCCS(=O)(=O)O)c(O)n3c2c1. The summed E-state index contributed by atoms with van der Waals surface area (Å²) >= 11 is 7.98. The van der Waals surface area contributed by atoms with Gasteiger partial charge in [-0.1, -0.05) is 11.6 Å². The minimum atomic E-state index is -4.95. The maximum atomic E-state index is 12.8. The van der Waals surface area contributed by atoms with Gasteiger partial charge in [0.05, 0.1) is 64.3 Å². The number of carbonyl (C=O) groups excluding carboxylic acids is 2. The molecular weight excluding hydrogens is 1390 g/mol. The normalized spacial score (nSPS) is 12.7. The van der Waals surface area contributed by atoms with Crippen LogP contribution in [0.4, 0.5) is 56.9 Å². The molecule has 2 heterocycles. The summed E-state index contributed by atoms with van der Waals surface area (Å²) in [6.07, 6.45) is -0.436. The zero-order valence-corrected chi connectivity index (χ0v) is 55.2. The van der Waals surface area contributed by atoms with E-state index in [2.05, 4.69) is 56.5 Å². The van der Waals surface area contributed by atoms with Crippen molar-refractivity contribution in [2.45, 2.75) is 66.5 Å². The van der Waals surface area contributed by atoms with Gasteiger partial charge in [0.25, 0.3) is 50.6 Å². The Bertz CT molecular complexity index is 4930. The number of methoxy groups -OCH3 is 1. The van der Waals surface area contributed by atoms with Gasteiger partial charge in [-0.3, -0.25) is 36.8 Å². The lowest BCUT2D eigenvalue weighted by Gasteiger charge is -2.13. The average Bonchev–Trinajstić information content (AvgIpc) is 1.59. The van der Waals surface area contributed by atoms with Gasteiger partial charge >= 0.3 is 0 Å². The first-order valence-corrected chi connectivity index (χ1v) is 36.4. The fourth-order valence-corrected chi connectivity index (χ4v) is 13.7. The lowest BCUT2D eigenvalue weighted by atomic mass is 10.1. The first kappa shape index (κ1) is 72.2. The van der Waals surface area contributed by atoms with Gasteiger partial charge in [-0.05, 0) is 98.7 Å². The van der Waals surface area contributed by atoms with Gasteiger partial charge in [-0.2, -0.15) is 57.6 Å². The van der Waals surface area contributed by atoms with E-state index in [4.69, 9.17) is 21.1 Å². The number of pyridine rings is 1. The van der Waals surface area contributed by atoms with Crippen LogP contribution in [0, 0.1) is 25.2 Å². The highest BCUT2D eigenvalue weighted by Crippen LogP contribution is 2.46. The van der Waals surface area contributed by atoms with Gasteiger partial charge in [0.2, 0.25) is 17.7 Å². The highest BCUT2D eigenvalue weighted by atomic mass is 35.5. The molecule has 7 rings (SSSR count). The van der Waals surface area contributed by atoms with Crippen LogP contribution in [0.3, 0.4) is 0 Å². The van der Waals surface area contributed by atoms with Crippen LogP contribution in [0.2, 0.25) is 5.02 Å². The zero-order valence-electron chi connectivity index (χ0n) is 48.8. The fraction of sp³-hybridized carbons (Fsp3) is 0.269. The van der Waals surface area contributed by atoms with Crippen molar-refractivity contribution in [3.63, 3.8) is 0 Å². The highest BCUT2D eigenvalue weighted by molar-refractivity contribution is 7.99. The van der Waals surface area contributed by atoms with E-state index < -0.39 is 95.3 Å². The topological polar surface area (TPSA) is 509 Å². The molecule has 93 heavy (non-hydrogen) atoms. The number of nitrogens with zero attached hydrogens (tertiary/aromatic N) is 11. The molecule has 2 amide bonds. The second-order valence-electron chi connectivity index (χ2n) is 19.5. The molecule has 0 unspecified atom stereocenters. The summed E-state index contributed by atoms with van der Waals surface area (Å²) in [7, 11) is -21.8. The number of halogens is 1. The molecule has 0 aliphatic heterocycles. The molecule has 41 heteroatoms. The van der Waals surface area contributed by atoms with E-state index in [0.717, 1.165) is 46.1 Å². The van der Waals surface area contributed by atoms with Crippen LogP contribution in [0.25, 0.3) is 16.7 Å². The third kappa shape index (κ3) is 19.7. The monoisotopic (exact) mass is 1440 g/mol. The van der Waals surface area contributed by atoms with E-state index in [1.165, 1.54) is 76.4 Å². The summed E-state index contributed by atoms with van der Waals surface area (Å²) in [4.78, 5) is 28.7. The molecule has 0 saturated heterocycles. The summed E-state index contributed by atoms with van der Waals surface area (Å²) in [6, 6.07) is 15.7. The first-order chi connectivity index (χ1) is 43.4. The van der Waals surface area contributed by atoms with Gasteiger partial charge < -0.3 is 25.2 Å². The summed E-state index contributed by atoms with van der Waals surface area (Å²) in [5.41, 5.74) is -1.22. The lowest BCUT2D eigenvalue weighted by molar-refractivity contribution is -0.115. The largest absolute Gasteiger partial charge is 0.497 e. The highest BCUT2D eigenvalue weighted by Gasteiger charge is 2.27. The van der Waals surface area contributed by atoms with E-state index in [0.29, 0.717) is 5.56 Å². The molecule has 0 aliphatic carbocycles. The molecule has 7 aromatic rings. The number of aromatic hydroxyl groups is 1. The number of aryl methyl sites for hydroxylation is 1. The second kappa shape index (κ2) is 29.8. The molecule has 2 aromatic heterocycles. The van der Waals surface area contributed by atoms with E-state index in [1.807, 2.05) is 6.07 Å². The Morgan fingerprint density at radius 1 is 0.634 bits per heavy atom. The smallest absolute Gasteiger partial charge is 0.296 e. The number of fused-ring (bicyclic) bond motifs is 3. The van der Waals surface area contributed by atoms with E-state index in [-0.39, 0.29) is 148 Å². The van der Waals surface area contributed by atoms with Crippen molar-refractivity contribution in [1.29, 1.82) is 5.26 Å². The van der Waals surface area contributed by atoms with Crippen LogP contribution >= 0.6 is 35.1 Å². The summed E-state index contributed by atoms with van der Waals surface area (Å²) in [5, 5.41) is 61.6. The van der Waals surface area contributed by atoms with Crippen molar-refractivity contribution in [1.82, 2.24) is 9.38 Å². The van der Waals surface area contributed by atoms with Crippen molar-refractivity contribution >= 4 is 171 Å². The number of benzene rings is 5. The maximum absolute atomic E-state index is 12.8. The van der Waals surface area contributed by atoms with Crippen molar-refractivity contribution in [3.05, 3.63) is 88.4 Å². The number of carbonyl (C=O) groups is 2. The molecule has 0 spiro atoms. The molecule has 0 radical (unpaired) electrons. The predicted molar refractivity (Wildman–Crippen MR) is 341 cm³/mol. The van der Waals surface area contributed by atoms with Gasteiger partial charge in [0.15, 0.2) is 11.3 Å². The molecule has 0 aliphatic rings. The van der Waals surface area contributed by atoms with E-state index in [1.54, 1.807) is 6.92 Å². The van der Waals surface area contributed by atoms with Crippen LogP contribution < -0.4 is 20.1 Å². The number of hydrogen-bond acceptors (Lipinski definition) is 27. The maximum Gasteiger partial charge on any atom is 0.296 e. The Labute approximate surface area is 543 Å². The van der Waals surface area contributed by atoms with Crippen molar-refractivity contribution in [2.24, 2.45) is 40.9 Å². The molecule has 0 bridgehead atoms. The number of imidazole rings is 1. The van der Waals surface area contributed by atoms with Crippen molar-refractivity contribution in [3.8, 4) is 23.4 Å². The Morgan fingerprint density at radius 2 is 1.14 bits per heavy atom. The number of nitriles is 1. The van der Waals surface area contributed by atoms with Crippen molar-refractivity contribution in [2.75, 3.05) is 53.1 Å². The number of thioether (sulfide) groups is 2. The number of nitrogens with one attached hydrogen (secondary N) is 2. The van der Waals surface area contributed by atoms with Crippen LogP contribution in [-0.2, 0) is 60.2 Å². The van der Waals surface area contributed by atoms with Crippen LogP contribution in [-0.4, -0.2) is 134 Å². The van der Waals surface area contributed by atoms with Crippen molar-refractivity contribution < 1.29 is 89.0 Å². The van der Waals surface area contributed by atoms with E-state index >= 15 is 0 Å². The van der Waals surface area contributed by atoms with Gasteiger partial charge in [0.1, 0.15) is 66.9 Å². The Morgan fingerprint density at radius 3 is 1.65 bits per heavy atom. The Hall–Kier alpha value is -8.18. The minimum Gasteiger partial charge on any atom is -0.497 e. The standard InChI is InChI=1S/C52H52ClN13O20S7/c1-27-17-40(62-65-49-28(2)33(26-54)51-57-50-43(66(51)52(49)69)19-32(85-5)20-48(50)93(82,83)84)44(86-11-6-14-89(70,71)72)23-35(27)59-63-41-22-37(56-30(4)68)39(25-46(41)88-13-8-16-91(76,77)78)61-64-42-21-36(55-29(3)67)38(24-45(42)87-12-7-15-90(73,74)75)60-58-31-9-10-34(53)47(18-31)92(79,80)81/h9-10,17-25,69H,6-8,11-16H2,1-5H3,(H,55,67)(H,56,68)(H,70,71,72)(H,73,74,75)(H,76,77,78)(H,79,80,81)(H,82,83,84). The minimum absolute atomic E-state index is 0.00581. The number of azo groups is 4. The number of anilines is 2. The lowest BCUT2D eigenvalue weighted by Crippen LogP contribution is -2.08. The third-order valence-corrected chi connectivity index (χ3v) is 19.3. The molecule has 0 fully saturated rings. The molecule has 0 saturated carbocycles. The number of amides is 2. The molecule has 0 atom stereocenters. The predicted octanol–water partition coefficient (Wildman–Crippen LogP) is 11.8. The summed E-state index contributed by atoms with van der Waals surface area (Å²) < 4.78 is 179. The molecule has 494 valence electrons. The van der Waals surface area contributed by atoms with Gasteiger partial charge in [-0.25, -0.2) is 4.98 Å². The quantitative estimate of drug-likeness (QED) is 0.00977. The number of aromatic nitrogens is 2. The van der Waals surface area contributed by atoms with Crippen LogP contribution in [0.5, 0.6) is 17.4 Å². The fourth-order valence-electron chi connectivity index (χ4n) is 8.30. The molecule has 33 nitrogen and oxygen atoms in total. The third-order valence-electron chi connectivity index (χ3n) is 12.4. The number of ether oxygens (including phenoxy) is 2.